The molecule has 1 aliphatic heterocycles. The van der Waals surface area contributed by atoms with Gasteiger partial charge in [0.2, 0.25) is 0 Å². The Balaban J connectivity index is 1.42. The van der Waals surface area contributed by atoms with Crippen molar-refractivity contribution in [3.8, 4) is 5.69 Å². The molecule has 5 aromatic rings. The molecule has 0 saturated heterocycles. The third-order valence-corrected chi connectivity index (χ3v) is 6.11. The number of nitrogens with one attached hydrogen (secondary N) is 1. The van der Waals surface area contributed by atoms with E-state index in [1.807, 2.05) is 71.4 Å². The van der Waals surface area contributed by atoms with E-state index in [0.29, 0.717) is 48.1 Å². The summed E-state index contributed by atoms with van der Waals surface area (Å²) < 4.78 is 22.5. The SMILES string of the molecule is Fc1ccc2nc([C@H](COCc3ccccc3)Nc3ncnc4c3CC=N4)n(-c3ccccc3)c2c1. The summed E-state index contributed by atoms with van der Waals surface area (Å²) in [6, 6.07) is 24.1. The number of benzene rings is 3. The van der Waals surface area contributed by atoms with E-state index in [1.54, 1.807) is 6.07 Å². The lowest BCUT2D eigenvalue weighted by molar-refractivity contribution is 0.110. The van der Waals surface area contributed by atoms with E-state index in [9.17, 15) is 4.39 Å². The summed E-state index contributed by atoms with van der Waals surface area (Å²) in [5.41, 5.74) is 4.26. The first-order valence-electron chi connectivity index (χ1n) is 11.7. The summed E-state index contributed by atoms with van der Waals surface area (Å²) in [5.74, 6) is 1.72. The van der Waals surface area contributed by atoms with Crippen LogP contribution >= 0.6 is 0 Å². The van der Waals surface area contributed by atoms with Gasteiger partial charge in [0.15, 0.2) is 5.82 Å². The summed E-state index contributed by atoms with van der Waals surface area (Å²) in [4.78, 5) is 18.0. The third-order valence-electron chi connectivity index (χ3n) is 6.11. The van der Waals surface area contributed by atoms with Gasteiger partial charge in [-0.25, -0.2) is 24.3 Å². The van der Waals surface area contributed by atoms with E-state index >= 15 is 0 Å². The van der Waals surface area contributed by atoms with Gasteiger partial charge >= 0.3 is 0 Å². The zero-order chi connectivity index (χ0) is 24.3. The summed E-state index contributed by atoms with van der Waals surface area (Å²) in [5, 5.41) is 3.53. The summed E-state index contributed by atoms with van der Waals surface area (Å²) in [7, 11) is 0. The fraction of sp³-hybridized carbons (Fsp3) is 0.143. The second-order valence-electron chi connectivity index (χ2n) is 8.51. The Morgan fingerprint density at radius 1 is 0.972 bits per heavy atom. The normalized spacial score (nSPS) is 13.1. The van der Waals surface area contributed by atoms with Crippen molar-refractivity contribution in [2.75, 3.05) is 11.9 Å². The highest BCUT2D eigenvalue weighted by Crippen LogP contribution is 2.32. The van der Waals surface area contributed by atoms with Crippen LogP contribution in [0.3, 0.4) is 0 Å². The van der Waals surface area contributed by atoms with Gasteiger partial charge in [-0.2, -0.15) is 0 Å². The van der Waals surface area contributed by atoms with Gasteiger partial charge in [0.05, 0.1) is 24.2 Å². The maximum absolute atomic E-state index is 14.3. The molecule has 3 heterocycles. The predicted octanol–water partition coefficient (Wildman–Crippen LogP) is 5.58. The van der Waals surface area contributed by atoms with Crippen LogP contribution in [-0.4, -0.2) is 32.3 Å². The molecule has 0 fully saturated rings. The van der Waals surface area contributed by atoms with Crippen molar-refractivity contribution in [2.45, 2.75) is 19.1 Å². The first-order valence-corrected chi connectivity index (χ1v) is 11.7. The Morgan fingerprint density at radius 3 is 2.61 bits per heavy atom. The van der Waals surface area contributed by atoms with Gasteiger partial charge in [-0.05, 0) is 29.8 Å². The number of ether oxygens (including phenoxy) is 1. The van der Waals surface area contributed by atoms with E-state index in [1.165, 1.54) is 18.5 Å². The molecule has 0 radical (unpaired) electrons. The van der Waals surface area contributed by atoms with Crippen molar-refractivity contribution in [3.05, 3.63) is 108 Å². The molecule has 0 amide bonds. The number of fused-ring (bicyclic) bond motifs is 2. The molecule has 0 saturated carbocycles. The Kier molecular flexibility index (Phi) is 5.93. The quantitative estimate of drug-likeness (QED) is 0.315. The lowest BCUT2D eigenvalue weighted by atomic mass is 10.2. The number of aliphatic imine (C=N–C) groups is 1. The highest BCUT2D eigenvalue weighted by atomic mass is 19.1. The molecule has 7 nitrogen and oxygen atoms in total. The fourth-order valence-electron chi connectivity index (χ4n) is 4.41. The molecule has 0 spiro atoms. The van der Waals surface area contributed by atoms with Crippen LogP contribution in [0.4, 0.5) is 16.0 Å². The first kappa shape index (κ1) is 22.1. The van der Waals surface area contributed by atoms with E-state index in [4.69, 9.17) is 9.72 Å². The summed E-state index contributed by atoms with van der Waals surface area (Å²) in [6.45, 7) is 0.761. The fourth-order valence-corrected chi connectivity index (χ4v) is 4.41. The second-order valence-corrected chi connectivity index (χ2v) is 8.51. The second kappa shape index (κ2) is 9.67. The van der Waals surface area contributed by atoms with Gasteiger partial charge in [-0.1, -0.05) is 48.5 Å². The van der Waals surface area contributed by atoms with Gasteiger partial charge in [0.25, 0.3) is 0 Å². The molecule has 1 aliphatic rings. The Morgan fingerprint density at radius 2 is 1.78 bits per heavy atom. The van der Waals surface area contributed by atoms with Crippen LogP contribution in [0.1, 0.15) is 23.0 Å². The maximum Gasteiger partial charge on any atom is 0.160 e. The number of nitrogens with zero attached hydrogens (tertiary/aromatic N) is 5. The molecule has 1 N–H and O–H groups in total. The molecule has 2 aromatic heterocycles. The van der Waals surface area contributed by atoms with Gasteiger partial charge in [-0.3, -0.25) is 4.57 Å². The van der Waals surface area contributed by atoms with Crippen LogP contribution in [0.25, 0.3) is 16.7 Å². The summed E-state index contributed by atoms with van der Waals surface area (Å²) in [6.07, 6.45) is 3.98. The Bertz CT molecular complexity index is 1530. The molecule has 36 heavy (non-hydrogen) atoms. The first-order chi connectivity index (χ1) is 17.8. The molecule has 3 aromatic carbocycles. The Hall–Kier alpha value is -4.43. The van der Waals surface area contributed by atoms with Crippen LogP contribution in [0, 0.1) is 5.82 Å². The summed E-state index contributed by atoms with van der Waals surface area (Å²) >= 11 is 0. The number of aromatic nitrogens is 4. The average molecular weight is 479 g/mol. The zero-order valence-corrected chi connectivity index (χ0v) is 19.4. The number of halogens is 1. The lowest BCUT2D eigenvalue weighted by Gasteiger charge is -2.22. The van der Waals surface area contributed by atoms with E-state index in [2.05, 4.69) is 20.3 Å². The van der Waals surface area contributed by atoms with Crippen molar-refractivity contribution in [2.24, 2.45) is 4.99 Å². The van der Waals surface area contributed by atoms with E-state index in [-0.39, 0.29) is 11.9 Å². The standard InChI is InChI=1S/C28H23FN6O/c29-20-11-12-23-25(15-20)35(21-9-5-2-6-10-21)28(34-23)24(17-36-16-19-7-3-1-4-8-19)33-27-22-13-14-30-26(22)31-18-32-27/h1-12,14-15,18,24H,13,16-17H2,(H,31,32,33)/t24-/m0/s1. The molecular formula is C28H23FN6O. The molecule has 0 unspecified atom stereocenters. The monoisotopic (exact) mass is 478 g/mol. The van der Waals surface area contributed by atoms with Gasteiger partial charge in [0.1, 0.15) is 29.8 Å². The van der Waals surface area contributed by atoms with Crippen molar-refractivity contribution >= 4 is 28.9 Å². The van der Waals surface area contributed by atoms with Crippen LogP contribution in [0.5, 0.6) is 0 Å². The topological polar surface area (TPSA) is 77.2 Å². The predicted molar refractivity (Wildman–Crippen MR) is 137 cm³/mol. The van der Waals surface area contributed by atoms with Gasteiger partial charge in [0, 0.05) is 30.0 Å². The van der Waals surface area contributed by atoms with Crippen molar-refractivity contribution in [1.29, 1.82) is 0 Å². The van der Waals surface area contributed by atoms with E-state index in [0.717, 1.165) is 16.8 Å². The number of para-hydroxylation sites is 1. The van der Waals surface area contributed by atoms with Gasteiger partial charge in [-0.15, -0.1) is 0 Å². The lowest BCUT2D eigenvalue weighted by Crippen LogP contribution is -2.22. The molecular weight excluding hydrogens is 455 g/mol. The van der Waals surface area contributed by atoms with Crippen LogP contribution in [0.2, 0.25) is 0 Å². The number of anilines is 1. The van der Waals surface area contributed by atoms with Crippen LogP contribution in [-0.2, 0) is 17.8 Å². The molecule has 1 atom stereocenters. The largest absolute Gasteiger partial charge is 0.374 e. The molecule has 8 heteroatoms. The zero-order valence-electron chi connectivity index (χ0n) is 19.4. The molecule has 0 aliphatic carbocycles. The number of rotatable bonds is 8. The van der Waals surface area contributed by atoms with E-state index < -0.39 is 0 Å². The molecule has 178 valence electrons. The number of hydrogen-bond acceptors (Lipinski definition) is 6. The van der Waals surface area contributed by atoms with Crippen molar-refractivity contribution in [3.63, 3.8) is 0 Å². The highest BCUT2D eigenvalue weighted by Gasteiger charge is 2.25. The van der Waals surface area contributed by atoms with Crippen LogP contribution in [0.15, 0.2) is 90.2 Å². The minimum atomic E-state index is -0.385. The number of hydrogen-bond donors (Lipinski definition) is 1. The van der Waals surface area contributed by atoms with Crippen molar-refractivity contribution < 1.29 is 9.13 Å². The maximum atomic E-state index is 14.3. The smallest absolute Gasteiger partial charge is 0.160 e. The third kappa shape index (κ3) is 4.34. The average Bonchev–Trinajstić information content (AvgIpc) is 3.54. The minimum absolute atomic E-state index is 0.313. The number of imidazole rings is 1. The molecule has 6 rings (SSSR count). The minimum Gasteiger partial charge on any atom is -0.374 e. The van der Waals surface area contributed by atoms with Crippen LogP contribution < -0.4 is 5.32 Å². The molecule has 0 bridgehead atoms. The van der Waals surface area contributed by atoms with Crippen molar-refractivity contribution in [1.82, 2.24) is 19.5 Å². The van der Waals surface area contributed by atoms with Gasteiger partial charge < -0.3 is 10.1 Å². The highest BCUT2D eigenvalue weighted by molar-refractivity contribution is 5.79. The Labute approximate surface area is 207 Å².